The third-order valence-electron chi connectivity index (χ3n) is 2.89. The highest BCUT2D eigenvalue weighted by Gasteiger charge is 2.35. The maximum Gasteiger partial charge on any atom is 0.418 e. The van der Waals surface area contributed by atoms with Crippen molar-refractivity contribution in [2.24, 2.45) is 0 Å². The molecule has 2 aromatic rings. The summed E-state index contributed by atoms with van der Waals surface area (Å²) < 4.78 is 39.3. The standard InChI is InChI=1S/C14H8Cl2F3N3O2S/c15-7-3-8(16)5-9(4-7)20-13(25)21-12-2-1-10(22(23)24)6-11(12)14(17,18)19/h1-6H,(H2,20,21,25). The van der Waals surface area contributed by atoms with Gasteiger partial charge in [0, 0.05) is 27.9 Å². The Morgan fingerprint density at radius 1 is 1.08 bits per heavy atom. The number of nitro groups is 1. The molecule has 0 atom stereocenters. The molecule has 0 saturated heterocycles. The number of nitrogens with one attached hydrogen (secondary N) is 2. The Labute approximate surface area is 154 Å². The summed E-state index contributed by atoms with van der Waals surface area (Å²) in [6.07, 6.45) is -4.80. The summed E-state index contributed by atoms with van der Waals surface area (Å²) in [7, 11) is 0. The molecule has 0 spiro atoms. The van der Waals surface area contributed by atoms with Crippen molar-refractivity contribution in [3.05, 3.63) is 62.1 Å². The molecule has 2 N–H and O–H groups in total. The van der Waals surface area contributed by atoms with Crippen molar-refractivity contribution in [2.45, 2.75) is 6.18 Å². The molecule has 0 fully saturated rings. The molecule has 0 bridgehead atoms. The monoisotopic (exact) mass is 409 g/mol. The predicted octanol–water partition coefficient (Wildman–Crippen LogP) is 5.73. The minimum absolute atomic E-state index is 0.169. The molecule has 0 unspecified atom stereocenters. The van der Waals surface area contributed by atoms with E-state index in [0.29, 0.717) is 21.8 Å². The number of hydrogen-bond donors (Lipinski definition) is 2. The normalized spacial score (nSPS) is 11.1. The summed E-state index contributed by atoms with van der Waals surface area (Å²) in [5.74, 6) is 0. The first-order chi connectivity index (χ1) is 11.6. The Morgan fingerprint density at radius 2 is 1.68 bits per heavy atom. The van der Waals surface area contributed by atoms with Crippen LogP contribution in [0.3, 0.4) is 0 Å². The molecule has 11 heteroatoms. The number of halogens is 5. The Bertz CT molecular complexity index is 826. The molecule has 0 aromatic heterocycles. The van der Waals surface area contributed by atoms with Gasteiger partial charge in [-0.15, -0.1) is 0 Å². The largest absolute Gasteiger partial charge is 0.418 e. The highest BCUT2D eigenvalue weighted by Crippen LogP contribution is 2.37. The molecular formula is C14H8Cl2F3N3O2S. The van der Waals surface area contributed by atoms with Crippen LogP contribution in [0.25, 0.3) is 0 Å². The van der Waals surface area contributed by atoms with Crippen molar-refractivity contribution in [3.63, 3.8) is 0 Å². The minimum Gasteiger partial charge on any atom is -0.332 e. The third-order valence-corrected chi connectivity index (χ3v) is 3.53. The number of anilines is 2. The first-order valence-corrected chi connectivity index (χ1v) is 7.62. The number of hydrogen-bond acceptors (Lipinski definition) is 3. The zero-order valence-electron chi connectivity index (χ0n) is 12.0. The van der Waals surface area contributed by atoms with Crippen LogP contribution in [-0.2, 0) is 6.18 Å². The maximum absolute atomic E-state index is 13.1. The van der Waals surface area contributed by atoms with Crippen molar-refractivity contribution in [2.75, 3.05) is 10.6 Å². The fourth-order valence-electron chi connectivity index (χ4n) is 1.90. The van der Waals surface area contributed by atoms with Gasteiger partial charge >= 0.3 is 6.18 Å². The second-order valence-corrected chi connectivity index (χ2v) is 6.00. The van der Waals surface area contributed by atoms with Crippen LogP contribution >= 0.6 is 35.4 Å². The SMILES string of the molecule is O=[N+]([O-])c1ccc(NC(=S)Nc2cc(Cl)cc(Cl)c2)c(C(F)(F)F)c1. The molecule has 132 valence electrons. The topological polar surface area (TPSA) is 67.2 Å². The van der Waals surface area contributed by atoms with Crippen LogP contribution in [-0.4, -0.2) is 10.0 Å². The number of non-ortho nitro benzene ring substituents is 1. The first-order valence-electron chi connectivity index (χ1n) is 6.46. The molecule has 0 aliphatic rings. The van der Waals surface area contributed by atoms with Gasteiger partial charge < -0.3 is 10.6 Å². The van der Waals surface area contributed by atoms with E-state index in [1.165, 1.54) is 18.2 Å². The molecule has 0 radical (unpaired) electrons. The van der Waals surface area contributed by atoms with Crippen LogP contribution in [0.4, 0.5) is 30.2 Å². The average Bonchev–Trinajstić information content (AvgIpc) is 2.44. The van der Waals surface area contributed by atoms with Gasteiger partial charge in [-0.2, -0.15) is 13.2 Å². The Hall–Kier alpha value is -2.10. The van der Waals surface area contributed by atoms with Crippen LogP contribution in [0.1, 0.15) is 5.56 Å². The lowest BCUT2D eigenvalue weighted by atomic mass is 10.1. The van der Waals surface area contributed by atoms with E-state index < -0.39 is 28.0 Å². The van der Waals surface area contributed by atoms with E-state index in [4.69, 9.17) is 35.4 Å². The molecule has 0 aliphatic carbocycles. The summed E-state index contributed by atoms with van der Waals surface area (Å²) in [6.45, 7) is 0. The van der Waals surface area contributed by atoms with E-state index in [-0.39, 0.29) is 5.11 Å². The lowest BCUT2D eigenvalue weighted by Crippen LogP contribution is -2.21. The fraction of sp³-hybridized carbons (Fsp3) is 0.0714. The van der Waals surface area contributed by atoms with Gasteiger partial charge in [0.2, 0.25) is 0 Å². The van der Waals surface area contributed by atoms with E-state index in [0.717, 1.165) is 12.1 Å². The van der Waals surface area contributed by atoms with Crippen molar-refractivity contribution in [3.8, 4) is 0 Å². The number of thiocarbonyl (C=S) groups is 1. The summed E-state index contributed by atoms with van der Waals surface area (Å²) in [5.41, 5.74) is -1.96. The summed E-state index contributed by atoms with van der Waals surface area (Å²) in [5, 5.41) is 16.1. The van der Waals surface area contributed by atoms with Gasteiger partial charge in [-0.25, -0.2) is 0 Å². The van der Waals surface area contributed by atoms with Crippen molar-refractivity contribution in [1.82, 2.24) is 0 Å². The van der Waals surface area contributed by atoms with Gasteiger partial charge in [-0.3, -0.25) is 10.1 Å². The number of nitrogens with zero attached hydrogens (tertiary/aromatic N) is 1. The lowest BCUT2D eigenvalue weighted by molar-refractivity contribution is -0.385. The molecule has 0 saturated carbocycles. The second-order valence-electron chi connectivity index (χ2n) is 4.72. The molecule has 5 nitrogen and oxygen atoms in total. The van der Waals surface area contributed by atoms with Crippen LogP contribution in [0.15, 0.2) is 36.4 Å². The number of alkyl halides is 3. The van der Waals surface area contributed by atoms with E-state index in [1.54, 1.807) is 0 Å². The Kier molecular flexibility index (Phi) is 5.71. The van der Waals surface area contributed by atoms with Crippen LogP contribution in [0.5, 0.6) is 0 Å². The quantitative estimate of drug-likeness (QED) is 0.384. The van der Waals surface area contributed by atoms with Crippen molar-refractivity contribution >= 4 is 57.6 Å². The number of benzene rings is 2. The third kappa shape index (κ3) is 5.18. The lowest BCUT2D eigenvalue weighted by Gasteiger charge is -2.16. The Balaban J connectivity index is 2.26. The van der Waals surface area contributed by atoms with E-state index in [9.17, 15) is 23.3 Å². The van der Waals surface area contributed by atoms with Crippen LogP contribution < -0.4 is 10.6 Å². The average molecular weight is 410 g/mol. The predicted molar refractivity (Wildman–Crippen MR) is 94.4 cm³/mol. The molecule has 0 amide bonds. The van der Waals surface area contributed by atoms with E-state index in [1.807, 2.05) is 0 Å². The first kappa shape index (κ1) is 19.2. The molecule has 25 heavy (non-hydrogen) atoms. The van der Waals surface area contributed by atoms with Crippen molar-refractivity contribution < 1.29 is 18.1 Å². The number of rotatable bonds is 3. The molecular weight excluding hydrogens is 402 g/mol. The molecule has 0 aliphatic heterocycles. The van der Waals surface area contributed by atoms with Gasteiger partial charge in [0.25, 0.3) is 5.69 Å². The summed E-state index contributed by atoms with van der Waals surface area (Å²) >= 11 is 16.6. The van der Waals surface area contributed by atoms with Crippen LogP contribution in [0, 0.1) is 10.1 Å². The van der Waals surface area contributed by atoms with Crippen molar-refractivity contribution in [1.29, 1.82) is 0 Å². The zero-order chi connectivity index (χ0) is 18.8. The van der Waals surface area contributed by atoms with Gasteiger partial charge in [0.05, 0.1) is 16.2 Å². The second kappa shape index (κ2) is 7.42. The van der Waals surface area contributed by atoms with Gasteiger partial charge in [-0.05, 0) is 36.5 Å². The highest BCUT2D eigenvalue weighted by molar-refractivity contribution is 7.80. The van der Waals surface area contributed by atoms with Gasteiger partial charge in [0.1, 0.15) is 0 Å². The smallest absolute Gasteiger partial charge is 0.332 e. The minimum atomic E-state index is -4.80. The summed E-state index contributed by atoms with van der Waals surface area (Å²) in [4.78, 5) is 9.76. The molecule has 2 rings (SSSR count). The van der Waals surface area contributed by atoms with Crippen LogP contribution in [0.2, 0.25) is 10.0 Å². The molecule has 0 heterocycles. The maximum atomic E-state index is 13.1. The van der Waals surface area contributed by atoms with Gasteiger partial charge in [-0.1, -0.05) is 23.2 Å². The highest BCUT2D eigenvalue weighted by atomic mass is 35.5. The molecule has 2 aromatic carbocycles. The summed E-state index contributed by atoms with van der Waals surface area (Å²) in [6, 6.07) is 6.73. The fourth-order valence-corrected chi connectivity index (χ4v) is 2.65. The van der Waals surface area contributed by atoms with Gasteiger partial charge in [0.15, 0.2) is 5.11 Å². The Morgan fingerprint density at radius 3 is 2.20 bits per heavy atom. The van der Waals surface area contributed by atoms with E-state index >= 15 is 0 Å². The van der Waals surface area contributed by atoms with E-state index in [2.05, 4.69) is 10.6 Å². The zero-order valence-corrected chi connectivity index (χ0v) is 14.4. The number of nitro benzene ring substituents is 1.